The monoisotopic (exact) mass is 343 g/mol. The molecular formula is C18H21N3O2S. The molecule has 3 unspecified atom stereocenters. The van der Waals surface area contributed by atoms with E-state index in [9.17, 15) is 4.79 Å². The Morgan fingerprint density at radius 1 is 1.25 bits per heavy atom. The van der Waals surface area contributed by atoms with Crippen molar-refractivity contribution in [2.24, 2.45) is 10.9 Å². The average molecular weight is 343 g/mol. The van der Waals surface area contributed by atoms with Crippen LogP contribution in [0, 0.1) is 5.92 Å². The summed E-state index contributed by atoms with van der Waals surface area (Å²) in [6, 6.07) is 7.87. The molecule has 1 aromatic rings. The minimum atomic E-state index is -0.481. The largest absolute Gasteiger partial charge is 0.372 e. The maximum absolute atomic E-state index is 12.3. The second kappa shape index (κ2) is 7.23. The maximum atomic E-state index is 12.3. The van der Waals surface area contributed by atoms with Crippen molar-refractivity contribution >= 4 is 40.7 Å². The van der Waals surface area contributed by atoms with E-state index in [4.69, 9.17) is 17.0 Å². The minimum Gasteiger partial charge on any atom is -0.372 e. The molecule has 0 aromatic heterocycles. The van der Waals surface area contributed by atoms with Crippen molar-refractivity contribution in [1.29, 1.82) is 0 Å². The molecule has 3 rings (SSSR count). The maximum Gasteiger partial charge on any atom is 0.238 e. The number of hydrogen-bond donors (Lipinski definition) is 1. The van der Waals surface area contributed by atoms with E-state index in [0.717, 1.165) is 24.5 Å². The first-order chi connectivity index (χ1) is 11.5. The van der Waals surface area contributed by atoms with Gasteiger partial charge in [0.2, 0.25) is 5.91 Å². The van der Waals surface area contributed by atoms with Crippen molar-refractivity contribution in [2.45, 2.75) is 26.1 Å². The van der Waals surface area contributed by atoms with Crippen LogP contribution in [0.5, 0.6) is 0 Å². The number of amides is 1. The number of dihydropyridines is 1. The molecule has 5 nitrogen and oxygen atoms in total. The minimum absolute atomic E-state index is 0.158. The van der Waals surface area contributed by atoms with Crippen molar-refractivity contribution in [3.05, 3.63) is 36.4 Å². The number of benzene rings is 1. The highest BCUT2D eigenvalue weighted by Gasteiger charge is 2.23. The van der Waals surface area contributed by atoms with E-state index < -0.39 is 5.92 Å². The van der Waals surface area contributed by atoms with Crippen molar-refractivity contribution in [3.8, 4) is 0 Å². The fraction of sp³-hybridized carbons (Fsp3) is 0.389. The molecule has 6 heteroatoms. The summed E-state index contributed by atoms with van der Waals surface area (Å²) < 4.78 is 5.76. The molecule has 1 amide bonds. The molecule has 2 aliphatic heterocycles. The molecule has 2 heterocycles. The van der Waals surface area contributed by atoms with E-state index in [1.807, 2.05) is 24.3 Å². The zero-order valence-corrected chi connectivity index (χ0v) is 14.6. The Kier molecular flexibility index (Phi) is 5.06. The van der Waals surface area contributed by atoms with Crippen LogP contribution in [0.4, 0.5) is 11.4 Å². The standard InChI is InChI=1S/C18H21N3O2S/c1-12-10-21(11-13(2)23-12)15-7-5-14(6-8-15)20-17(22)16-4-3-9-19-18(16)24/h3-9,12-13,16H,10-11H2,1-2H3,(H,20,22). The first-order valence-corrected chi connectivity index (χ1v) is 8.50. The molecule has 0 saturated carbocycles. The van der Waals surface area contributed by atoms with Crippen molar-refractivity contribution in [3.63, 3.8) is 0 Å². The van der Waals surface area contributed by atoms with Crippen LogP contribution in [0.3, 0.4) is 0 Å². The van der Waals surface area contributed by atoms with Crippen LogP contribution in [-0.2, 0) is 9.53 Å². The number of carbonyl (C=O) groups excluding carboxylic acids is 1. The molecule has 24 heavy (non-hydrogen) atoms. The van der Waals surface area contributed by atoms with Crippen molar-refractivity contribution in [2.75, 3.05) is 23.3 Å². The van der Waals surface area contributed by atoms with Gasteiger partial charge in [-0.3, -0.25) is 4.79 Å². The number of thiocarbonyl (C=S) groups is 1. The summed E-state index contributed by atoms with van der Waals surface area (Å²) >= 11 is 5.12. The number of nitrogens with zero attached hydrogens (tertiary/aromatic N) is 2. The lowest BCUT2D eigenvalue weighted by atomic mass is 10.1. The molecule has 0 aliphatic carbocycles. The zero-order chi connectivity index (χ0) is 17.1. The molecule has 0 spiro atoms. The first-order valence-electron chi connectivity index (χ1n) is 8.09. The van der Waals surface area contributed by atoms with Gasteiger partial charge in [-0.15, -0.1) is 0 Å². The number of nitrogens with one attached hydrogen (secondary N) is 1. The van der Waals surface area contributed by atoms with E-state index >= 15 is 0 Å². The van der Waals surface area contributed by atoms with E-state index in [1.165, 1.54) is 0 Å². The molecule has 1 N–H and O–H groups in total. The fourth-order valence-electron chi connectivity index (χ4n) is 3.00. The van der Waals surface area contributed by atoms with Crippen LogP contribution in [0.1, 0.15) is 13.8 Å². The molecular weight excluding hydrogens is 322 g/mol. The predicted octanol–water partition coefficient (Wildman–Crippen LogP) is 2.82. The van der Waals surface area contributed by atoms with Gasteiger partial charge in [0, 0.05) is 30.7 Å². The number of carbonyl (C=O) groups is 1. The van der Waals surface area contributed by atoms with Gasteiger partial charge in [0.05, 0.1) is 12.2 Å². The van der Waals surface area contributed by atoms with Crippen LogP contribution in [-0.4, -0.2) is 42.4 Å². The van der Waals surface area contributed by atoms with Crippen molar-refractivity contribution in [1.82, 2.24) is 0 Å². The van der Waals surface area contributed by atoms with E-state index in [0.29, 0.717) is 4.99 Å². The summed E-state index contributed by atoms with van der Waals surface area (Å²) in [4.78, 5) is 19.0. The lowest BCUT2D eigenvalue weighted by Gasteiger charge is -2.36. The molecule has 126 valence electrons. The summed E-state index contributed by atoms with van der Waals surface area (Å²) in [5.74, 6) is -0.639. The molecule has 1 aromatic carbocycles. The number of aliphatic imine (C=N–C) groups is 1. The van der Waals surface area contributed by atoms with Gasteiger partial charge in [0.25, 0.3) is 0 Å². The van der Waals surface area contributed by atoms with Gasteiger partial charge in [-0.1, -0.05) is 18.3 Å². The van der Waals surface area contributed by atoms with Crippen LogP contribution in [0.15, 0.2) is 41.4 Å². The van der Waals surface area contributed by atoms with Gasteiger partial charge in [0.1, 0.15) is 10.9 Å². The first kappa shape index (κ1) is 16.8. The Labute approximate surface area is 147 Å². The zero-order valence-electron chi connectivity index (χ0n) is 13.8. The Balaban J connectivity index is 1.64. The van der Waals surface area contributed by atoms with Gasteiger partial charge in [0.15, 0.2) is 0 Å². The topological polar surface area (TPSA) is 53.9 Å². The summed E-state index contributed by atoms with van der Waals surface area (Å²) in [5, 5.41) is 2.89. The van der Waals surface area contributed by atoms with E-state index in [1.54, 1.807) is 18.4 Å². The highest BCUT2D eigenvalue weighted by Crippen LogP contribution is 2.23. The highest BCUT2D eigenvalue weighted by atomic mass is 32.1. The third-order valence-corrected chi connectivity index (χ3v) is 4.42. The van der Waals surface area contributed by atoms with Gasteiger partial charge in [-0.25, -0.2) is 4.99 Å². The lowest BCUT2D eigenvalue weighted by molar-refractivity contribution is -0.116. The molecule has 1 fully saturated rings. The summed E-state index contributed by atoms with van der Waals surface area (Å²) in [5.41, 5.74) is 1.89. The summed E-state index contributed by atoms with van der Waals surface area (Å²) in [7, 11) is 0. The summed E-state index contributed by atoms with van der Waals surface area (Å²) in [6.45, 7) is 5.91. The Bertz CT molecular complexity index is 674. The fourth-order valence-corrected chi connectivity index (χ4v) is 3.25. The smallest absolute Gasteiger partial charge is 0.238 e. The Hall–Kier alpha value is -2.05. The number of allylic oxidation sites excluding steroid dienone is 1. The molecule has 1 saturated heterocycles. The summed E-state index contributed by atoms with van der Waals surface area (Å²) in [6.07, 6.45) is 5.53. The molecule has 3 atom stereocenters. The normalized spacial score (nSPS) is 26.5. The van der Waals surface area contributed by atoms with E-state index in [2.05, 4.69) is 29.1 Å². The second-order valence-corrected chi connectivity index (χ2v) is 6.60. The van der Waals surface area contributed by atoms with Gasteiger partial charge in [-0.2, -0.15) is 0 Å². The van der Waals surface area contributed by atoms with Crippen LogP contribution >= 0.6 is 12.2 Å². The Morgan fingerprint density at radius 3 is 2.54 bits per heavy atom. The third kappa shape index (κ3) is 3.88. The SMILES string of the molecule is CC1CN(c2ccc(NC(=O)C3C=CC=NC3=S)cc2)CC(C)O1. The van der Waals surface area contributed by atoms with Gasteiger partial charge < -0.3 is 15.0 Å². The molecule has 2 aliphatic rings. The van der Waals surface area contributed by atoms with E-state index in [-0.39, 0.29) is 18.1 Å². The average Bonchev–Trinajstić information content (AvgIpc) is 2.55. The quantitative estimate of drug-likeness (QED) is 0.858. The second-order valence-electron chi connectivity index (χ2n) is 6.18. The lowest BCUT2D eigenvalue weighted by Crippen LogP contribution is -2.45. The molecule has 0 bridgehead atoms. The third-order valence-electron chi connectivity index (χ3n) is 4.06. The highest BCUT2D eigenvalue weighted by molar-refractivity contribution is 7.80. The number of rotatable bonds is 3. The van der Waals surface area contributed by atoms with Gasteiger partial charge in [-0.05, 0) is 44.2 Å². The van der Waals surface area contributed by atoms with Crippen LogP contribution < -0.4 is 10.2 Å². The number of anilines is 2. The van der Waals surface area contributed by atoms with Gasteiger partial charge >= 0.3 is 0 Å². The van der Waals surface area contributed by atoms with Crippen LogP contribution in [0.25, 0.3) is 0 Å². The molecule has 0 radical (unpaired) electrons. The predicted molar refractivity (Wildman–Crippen MR) is 101 cm³/mol. The Morgan fingerprint density at radius 2 is 1.92 bits per heavy atom. The number of ether oxygens (including phenoxy) is 1. The number of morpholine rings is 1. The number of hydrogen-bond acceptors (Lipinski definition) is 4. The van der Waals surface area contributed by atoms with Crippen molar-refractivity contribution < 1.29 is 9.53 Å². The van der Waals surface area contributed by atoms with Crippen LogP contribution in [0.2, 0.25) is 0 Å².